The van der Waals surface area contributed by atoms with Gasteiger partial charge in [-0.15, -0.1) is 0 Å². The van der Waals surface area contributed by atoms with Gasteiger partial charge in [-0.25, -0.2) is 4.79 Å². The predicted molar refractivity (Wildman–Crippen MR) is 86.9 cm³/mol. The molecule has 0 unspecified atom stereocenters. The number of ether oxygens (including phenoxy) is 1. The van der Waals surface area contributed by atoms with Crippen LogP contribution in [0.2, 0.25) is 0 Å². The third-order valence-electron chi connectivity index (χ3n) is 4.10. The van der Waals surface area contributed by atoms with Gasteiger partial charge in [0.2, 0.25) is 0 Å². The molecule has 0 spiro atoms. The number of aromatic nitrogens is 1. The molecule has 2 heterocycles. The number of amides is 1. The van der Waals surface area contributed by atoms with Gasteiger partial charge < -0.3 is 9.64 Å². The Morgan fingerprint density at radius 2 is 2.23 bits per heavy atom. The summed E-state index contributed by atoms with van der Waals surface area (Å²) in [5.74, 6) is 0. The lowest BCUT2D eigenvalue weighted by Crippen LogP contribution is -2.36. The summed E-state index contributed by atoms with van der Waals surface area (Å²) in [6.07, 6.45) is 2.54. The second-order valence-corrected chi connectivity index (χ2v) is 5.93. The first-order valence-electron chi connectivity index (χ1n) is 7.98. The zero-order valence-corrected chi connectivity index (χ0v) is 13.3. The molecule has 1 aliphatic heterocycles. The summed E-state index contributed by atoms with van der Waals surface area (Å²) in [7, 11) is 0. The summed E-state index contributed by atoms with van der Waals surface area (Å²) in [5.41, 5.74) is 4.50. The molecule has 1 aromatic carbocycles. The van der Waals surface area contributed by atoms with Gasteiger partial charge in [-0.1, -0.05) is 25.0 Å². The fourth-order valence-electron chi connectivity index (χ4n) is 2.81. The van der Waals surface area contributed by atoms with Crippen LogP contribution in [0.5, 0.6) is 0 Å². The fraction of sp³-hybridized carbons (Fsp3) is 0.444. The van der Waals surface area contributed by atoms with E-state index in [4.69, 9.17) is 9.72 Å². The highest BCUT2D eigenvalue weighted by molar-refractivity contribution is 5.80. The van der Waals surface area contributed by atoms with E-state index in [-0.39, 0.29) is 6.09 Å². The summed E-state index contributed by atoms with van der Waals surface area (Å²) in [6, 6.07) is 8.45. The highest BCUT2D eigenvalue weighted by Crippen LogP contribution is 2.23. The minimum Gasteiger partial charge on any atom is -0.449 e. The van der Waals surface area contributed by atoms with Crippen LogP contribution in [-0.2, 0) is 17.7 Å². The Labute approximate surface area is 131 Å². The Morgan fingerprint density at radius 1 is 1.36 bits per heavy atom. The summed E-state index contributed by atoms with van der Waals surface area (Å²) >= 11 is 0. The maximum Gasteiger partial charge on any atom is 0.410 e. The molecular weight excluding hydrogens is 276 g/mol. The third kappa shape index (κ3) is 3.06. The number of carbonyl (C=O) groups is 1. The van der Waals surface area contributed by atoms with E-state index in [9.17, 15) is 4.79 Å². The maximum atomic E-state index is 12.1. The van der Waals surface area contributed by atoms with E-state index in [2.05, 4.69) is 38.1 Å². The molecule has 0 bridgehead atoms. The van der Waals surface area contributed by atoms with Crippen LogP contribution in [0.4, 0.5) is 4.79 Å². The summed E-state index contributed by atoms with van der Waals surface area (Å²) in [5, 5.41) is 1.14. The van der Waals surface area contributed by atoms with Crippen molar-refractivity contribution < 1.29 is 9.53 Å². The van der Waals surface area contributed by atoms with Crippen LogP contribution in [0.15, 0.2) is 24.3 Å². The monoisotopic (exact) mass is 298 g/mol. The van der Waals surface area contributed by atoms with Crippen molar-refractivity contribution >= 4 is 17.0 Å². The molecule has 2 aromatic rings. The summed E-state index contributed by atoms with van der Waals surface area (Å²) in [6.45, 7) is 5.95. The molecule has 0 aliphatic carbocycles. The smallest absolute Gasteiger partial charge is 0.410 e. The minimum absolute atomic E-state index is 0.205. The zero-order chi connectivity index (χ0) is 15.5. The lowest BCUT2D eigenvalue weighted by atomic mass is 10.0. The highest BCUT2D eigenvalue weighted by atomic mass is 16.6. The number of nitrogens with zero attached hydrogens (tertiary/aromatic N) is 2. The van der Waals surface area contributed by atoms with E-state index in [1.54, 1.807) is 4.90 Å². The van der Waals surface area contributed by atoms with Crippen molar-refractivity contribution in [3.63, 3.8) is 0 Å². The molecule has 116 valence electrons. The highest BCUT2D eigenvalue weighted by Gasteiger charge is 2.23. The molecule has 1 aliphatic rings. The average molecular weight is 298 g/mol. The average Bonchev–Trinajstić information content (AvgIpc) is 2.52. The van der Waals surface area contributed by atoms with Gasteiger partial charge in [0.15, 0.2) is 0 Å². The molecule has 4 nitrogen and oxygen atoms in total. The number of rotatable bonds is 3. The number of benzene rings is 1. The van der Waals surface area contributed by atoms with Crippen molar-refractivity contribution in [1.82, 2.24) is 9.88 Å². The largest absolute Gasteiger partial charge is 0.449 e. The lowest BCUT2D eigenvalue weighted by molar-refractivity contribution is 0.0964. The quantitative estimate of drug-likeness (QED) is 0.809. The Kier molecular flexibility index (Phi) is 4.27. The number of hydrogen-bond donors (Lipinski definition) is 0. The van der Waals surface area contributed by atoms with Crippen molar-refractivity contribution in [3.05, 3.63) is 41.1 Å². The third-order valence-corrected chi connectivity index (χ3v) is 4.10. The van der Waals surface area contributed by atoms with Gasteiger partial charge in [0.1, 0.15) is 0 Å². The van der Waals surface area contributed by atoms with Crippen molar-refractivity contribution in [3.8, 4) is 0 Å². The first-order chi connectivity index (χ1) is 10.7. The zero-order valence-electron chi connectivity index (χ0n) is 13.3. The predicted octanol–water partition coefficient (Wildman–Crippen LogP) is 3.84. The number of pyridine rings is 1. The Morgan fingerprint density at radius 3 is 3.05 bits per heavy atom. The van der Waals surface area contributed by atoms with Crippen LogP contribution in [-0.4, -0.2) is 29.1 Å². The van der Waals surface area contributed by atoms with Gasteiger partial charge in [-0.05, 0) is 37.1 Å². The normalized spacial score (nSPS) is 14.0. The molecule has 22 heavy (non-hydrogen) atoms. The van der Waals surface area contributed by atoms with Crippen molar-refractivity contribution in [2.75, 3.05) is 13.2 Å². The topological polar surface area (TPSA) is 42.4 Å². The Hall–Kier alpha value is -2.10. The van der Waals surface area contributed by atoms with E-state index in [1.165, 1.54) is 5.56 Å². The van der Waals surface area contributed by atoms with Gasteiger partial charge in [-0.2, -0.15) is 0 Å². The molecule has 4 heteroatoms. The Bertz CT molecular complexity index is 697. The standard InChI is InChI=1S/C18H22N2O2/c1-3-4-9-22-18(21)20-8-7-17-15(12-20)11-14-10-13(2)5-6-16(14)19-17/h5-6,10-11H,3-4,7-9,12H2,1-2H3. The van der Waals surface area contributed by atoms with Gasteiger partial charge in [-0.3, -0.25) is 4.98 Å². The Balaban J connectivity index is 1.78. The second kappa shape index (κ2) is 6.34. The van der Waals surface area contributed by atoms with E-state index in [0.29, 0.717) is 19.7 Å². The molecule has 1 aromatic heterocycles. The van der Waals surface area contributed by atoms with Gasteiger partial charge in [0.05, 0.1) is 18.7 Å². The van der Waals surface area contributed by atoms with Crippen molar-refractivity contribution in [1.29, 1.82) is 0 Å². The van der Waals surface area contributed by atoms with E-state index in [0.717, 1.165) is 41.4 Å². The molecule has 0 fully saturated rings. The number of hydrogen-bond acceptors (Lipinski definition) is 3. The molecule has 0 atom stereocenters. The van der Waals surface area contributed by atoms with Crippen LogP contribution in [0.3, 0.4) is 0 Å². The van der Waals surface area contributed by atoms with E-state index < -0.39 is 0 Å². The molecule has 0 radical (unpaired) electrons. The van der Waals surface area contributed by atoms with Gasteiger partial charge in [0.25, 0.3) is 0 Å². The molecular formula is C18H22N2O2. The molecule has 0 saturated carbocycles. The first-order valence-corrected chi connectivity index (χ1v) is 7.98. The molecule has 0 saturated heterocycles. The number of fused-ring (bicyclic) bond motifs is 2. The SMILES string of the molecule is CCCCOC(=O)N1CCc2nc3ccc(C)cc3cc2C1. The summed E-state index contributed by atoms with van der Waals surface area (Å²) in [4.78, 5) is 18.6. The lowest BCUT2D eigenvalue weighted by Gasteiger charge is -2.27. The van der Waals surface area contributed by atoms with E-state index >= 15 is 0 Å². The van der Waals surface area contributed by atoms with Crippen LogP contribution < -0.4 is 0 Å². The van der Waals surface area contributed by atoms with Crippen molar-refractivity contribution in [2.45, 2.75) is 39.7 Å². The molecule has 1 amide bonds. The molecule has 0 N–H and O–H groups in total. The summed E-state index contributed by atoms with van der Waals surface area (Å²) < 4.78 is 5.31. The minimum atomic E-state index is -0.205. The van der Waals surface area contributed by atoms with Crippen LogP contribution in [0, 0.1) is 6.92 Å². The number of aryl methyl sites for hydroxylation is 1. The fourth-order valence-corrected chi connectivity index (χ4v) is 2.81. The van der Waals surface area contributed by atoms with E-state index in [1.807, 2.05) is 0 Å². The van der Waals surface area contributed by atoms with Crippen LogP contribution in [0.1, 0.15) is 36.6 Å². The van der Waals surface area contributed by atoms with Gasteiger partial charge in [0, 0.05) is 24.0 Å². The number of unbranched alkanes of at least 4 members (excludes halogenated alkanes) is 1. The second-order valence-electron chi connectivity index (χ2n) is 5.93. The van der Waals surface area contributed by atoms with Crippen molar-refractivity contribution in [2.24, 2.45) is 0 Å². The van der Waals surface area contributed by atoms with Crippen LogP contribution in [0.25, 0.3) is 10.9 Å². The maximum absolute atomic E-state index is 12.1. The molecule has 3 rings (SSSR count). The van der Waals surface area contributed by atoms with Gasteiger partial charge >= 0.3 is 6.09 Å². The first kappa shape index (κ1) is 14.8. The van der Waals surface area contributed by atoms with Crippen LogP contribution >= 0.6 is 0 Å². The number of carbonyl (C=O) groups excluding carboxylic acids is 1.